The van der Waals surface area contributed by atoms with Crippen LogP contribution in [0.25, 0.3) is 0 Å². The van der Waals surface area contributed by atoms with Crippen LogP contribution in [0.15, 0.2) is 23.4 Å². The molecule has 1 amide bonds. The van der Waals surface area contributed by atoms with E-state index >= 15 is 0 Å². The quantitative estimate of drug-likeness (QED) is 0.225. The molecule has 4 N–H and O–H groups in total. The average molecular weight is 391 g/mol. The molecule has 7 nitrogen and oxygen atoms in total. The van der Waals surface area contributed by atoms with Crippen LogP contribution in [0, 0.1) is 3.57 Å². The first kappa shape index (κ1) is 14.9. The van der Waals surface area contributed by atoms with Crippen LogP contribution in [-0.4, -0.2) is 52.8 Å². The van der Waals surface area contributed by atoms with Crippen LogP contribution < -0.4 is 5.73 Å². The van der Waals surface area contributed by atoms with E-state index < -0.39 is 6.10 Å². The van der Waals surface area contributed by atoms with Gasteiger partial charge in [-0.3, -0.25) is 4.79 Å². The van der Waals surface area contributed by atoms with Gasteiger partial charge in [0.1, 0.15) is 11.9 Å². The lowest BCUT2D eigenvalue weighted by Gasteiger charge is -2.32. The van der Waals surface area contributed by atoms with Crippen molar-refractivity contribution in [1.29, 1.82) is 0 Å². The van der Waals surface area contributed by atoms with Gasteiger partial charge in [-0.05, 0) is 40.8 Å². The molecule has 108 valence electrons. The molecule has 1 saturated heterocycles. The smallest absolute Gasteiger partial charge is 0.254 e. The zero-order chi connectivity index (χ0) is 14.7. The Morgan fingerprint density at radius 3 is 2.95 bits per heavy atom. The molecule has 20 heavy (non-hydrogen) atoms. The fraction of sp³-hybridized carbons (Fsp3) is 0.333. The summed E-state index contributed by atoms with van der Waals surface area (Å²) in [5.74, 6) is -0.221. The number of amidine groups is 1. The molecule has 1 aliphatic heterocycles. The monoisotopic (exact) mass is 391 g/mol. The van der Waals surface area contributed by atoms with Gasteiger partial charge in [0.25, 0.3) is 5.91 Å². The second kappa shape index (κ2) is 6.27. The van der Waals surface area contributed by atoms with Gasteiger partial charge in [0.2, 0.25) is 0 Å². The van der Waals surface area contributed by atoms with Gasteiger partial charge in [-0.2, -0.15) is 0 Å². The van der Waals surface area contributed by atoms with Gasteiger partial charge in [-0.1, -0.05) is 5.16 Å². The molecule has 0 aliphatic carbocycles. The lowest BCUT2D eigenvalue weighted by molar-refractivity contribution is 0.00674. The van der Waals surface area contributed by atoms with Gasteiger partial charge in [-0.15, -0.1) is 0 Å². The highest BCUT2D eigenvalue weighted by Gasteiger charge is 2.27. The van der Waals surface area contributed by atoms with Gasteiger partial charge in [0, 0.05) is 12.1 Å². The van der Waals surface area contributed by atoms with Crippen molar-refractivity contribution in [2.75, 3.05) is 19.7 Å². The number of aromatic hydroxyl groups is 1. The third kappa shape index (κ3) is 3.12. The number of nitrogens with two attached hydrogens (primary N) is 1. The van der Waals surface area contributed by atoms with Crippen molar-refractivity contribution < 1.29 is 19.8 Å². The molecule has 0 spiro atoms. The normalized spacial score (nSPS) is 19.9. The van der Waals surface area contributed by atoms with Crippen LogP contribution in [0.4, 0.5) is 0 Å². The van der Waals surface area contributed by atoms with Crippen molar-refractivity contribution in [3.63, 3.8) is 0 Å². The molecule has 2 rings (SSSR count). The van der Waals surface area contributed by atoms with E-state index in [9.17, 15) is 9.90 Å². The molecule has 0 aromatic heterocycles. The largest absolute Gasteiger partial charge is 0.507 e. The van der Waals surface area contributed by atoms with E-state index in [1.54, 1.807) is 17.0 Å². The van der Waals surface area contributed by atoms with E-state index in [4.69, 9.17) is 15.7 Å². The minimum absolute atomic E-state index is 0.0621. The highest BCUT2D eigenvalue weighted by molar-refractivity contribution is 14.1. The number of oxime groups is 1. The van der Waals surface area contributed by atoms with Crippen LogP contribution in [0.3, 0.4) is 0 Å². The van der Waals surface area contributed by atoms with Crippen molar-refractivity contribution in [3.05, 3.63) is 27.3 Å². The number of morpholine rings is 1. The number of hydrogen-bond acceptors (Lipinski definition) is 5. The maximum Gasteiger partial charge on any atom is 0.254 e. The summed E-state index contributed by atoms with van der Waals surface area (Å²) in [4.78, 5) is 13.9. The molecule has 1 aromatic rings. The summed E-state index contributed by atoms with van der Waals surface area (Å²) in [6.07, 6.45) is -0.616. The summed E-state index contributed by atoms with van der Waals surface area (Å²) in [6.45, 7) is 0.936. The Hall–Kier alpha value is -1.55. The van der Waals surface area contributed by atoms with Gasteiger partial charge in [0.15, 0.2) is 5.84 Å². The Morgan fingerprint density at radius 2 is 2.30 bits per heavy atom. The first-order chi connectivity index (χ1) is 9.52. The minimum atomic E-state index is -0.616. The number of hydrogen-bond donors (Lipinski definition) is 3. The van der Waals surface area contributed by atoms with Gasteiger partial charge >= 0.3 is 0 Å². The molecule has 1 aromatic carbocycles. The molecule has 1 aliphatic rings. The number of carbonyl (C=O) groups excluding carboxylic acids is 1. The summed E-state index contributed by atoms with van der Waals surface area (Å²) < 4.78 is 6.01. The van der Waals surface area contributed by atoms with Gasteiger partial charge < -0.3 is 25.7 Å². The zero-order valence-electron chi connectivity index (χ0n) is 10.5. The summed E-state index contributed by atoms with van der Waals surface area (Å²) in [5.41, 5.74) is 5.88. The van der Waals surface area contributed by atoms with E-state index in [1.165, 1.54) is 6.07 Å². The van der Waals surface area contributed by atoms with Crippen molar-refractivity contribution in [3.8, 4) is 5.75 Å². The lowest BCUT2D eigenvalue weighted by Crippen LogP contribution is -2.50. The molecule has 1 heterocycles. The fourth-order valence-corrected chi connectivity index (χ4v) is 2.24. The number of phenolic OH excluding ortho intramolecular Hbond substituents is 1. The molecule has 1 unspecified atom stereocenters. The molecule has 8 heteroatoms. The summed E-state index contributed by atoms with van der Waals surface area (Å²) in [5, 5.41) is 21.2. The third-order valence-electron chi connectivity index (χ3n) is 2.99. The zero-order valence-corrected chi connectivity index (χ0v) is 12.6. The number of rotatable bonds is 2. The van der Waals surface area contributed by atoms with Crippen LogP contribution in [0.5, 0.6) is 5.75 Å². The van der Waals surface area contributed by atoms with Crippen molar-refractivity contribution in [1.82, 2.24) is 4.90 Å². The molecule has 1 fully saturated rings. The van der Waals surface area contributed by atoms with Crippen molar-refractivity contribution in [2.24, 2.45) is 10.9 Å². The fourth-order valence-electron chi connectivity index (χ4n) is 1.91. The second-order valence-corrected chi connectivity index (χ2v) is 5.46. The first-order valence-electron chi connectivity index (χ1n) is 5.89. The first-order valence-corrected chi connectivity index (χ1v) is 6.97. The van der Waals surface area contributed by atoms with E-state index in [1.807, 2.05) is 22.6 Å². The Morgan fingerprint density at radius 1 is 1.55 bits per heavy atom. The molecule has 0 radical (unpaired) electrons. The Kier molecular flexibility index (Phi) is 4.65. The Labute approximate surface area is 129 Å². The molecular weight excluding hydrogens is 377 g/mol. The van der Waals surface area contributed by atoms with Gasteiger partial charge in [0.05, 0.1) is 16.7 Å². The number of nitrogens with zero attached hydrogens (tertiary/aromatic N) is 2. The number of amides is 1. The molecule has 0 saturated carbocycles. The van der Waals surface area contributed by atoms with Crippen LogP contribution in [0.1, 0.15) is 10.4 Å². The summed E-state index contributed by atoms with van der Waals surface area (Å²) >= 11 is 1.98. The van der Waals surface area contributed by atoms with E-state index in [-0.39, 0.29) is 24.0 Å². The van der Waals surface area contributed by atoms with E-state index in [2.05, 4.69) is 5.16 Å². The SMILES string of the molecule is N/C(=N/O)C1CN(C(=O)c2ccc(I)c(O)c2)CCO1. The minimum Gasteiger partial charge on any atom is -0.507 e. The molecular formula is C12H14IN3O4. The van der Waals surface area contributed by atoms with Crippen molar-refractivity contribution in [2.45, 2.75) is 6.10 Å². The van der Waals surface area contributed by atoms with Gasteiger partial charge in [-0.25, -0.2) is 0 Å². The Bertz CT molecular complexity index is 550. The number of phenols is 1. The number of halogens is 1. The standard InChI is InChI=1S/C12H14IN3O4/c13-8-2-1-7(5-9(8)17)12(18)16-3-4-20-10(6-16)11(14)15-19/h1-2,5,10,17,19H,3-4,6H2,(H2,14,15). The highest BCUT2D eigenvalue weighted by atomic mass is 127. The molecule has 1 atom stereocenters. The lowest BCUT2D eigenvalue weighted by atomic mass is 10.1. The number of carbonyl (C=O) groups is 1. The number of ether oxygens (including phenoxy) is 1. The van der Waals surface area contributed by atoms with Crippen LogP contribution in [-0.2, 0) is 4.74 Å². The predicted octanol–water partition coefficient (Wildman–Crippen LogP) is 0.584. The maximum absolute atomic E-state index is 12.3. The van der Waals surface area contributed by atoms with Crippen LogP contribution in [0.2, 0.25) is 0 Å². The summed E-state index contributed by atoms with van der Waals surface area (Å²) in [6, 6.07) is 4.75. The number of benzene rings is 1. The summed E-state index contributed by atoms with van der Waals surface area (Å²) in [7, 11) is 0. The average Bonchev–Trinajstić information content (AvgIpc) is 2.48. The van der Waals surface area contributed by atoms with E-state index in [0.717, 1.165) is 0 Å². The van der Waals surface area contributed by atoms with Crippen LogP contribution >= 0.6 is 22.6 Å². The predicted molar refractivity (Wildman–Crippen MR) is 79.9 cm³/mol. The van der Waals surface area contributed by atoms with E-state index in [0.29, 0.717) is 22.3 Å². The third-order valence-corrected chi connectivity index (χ3v) is 3.90. The second-order valence-electron chi connectivity index (χ2n) is 4.30. The van der Waals surface area contributed by atoms with Crippen molar-refractivity contribution >= 4 is 34.3 Å². The highest BCUT2D eigenvalue weighted by Crippen LogP contribution is 2.22. The maximum atomic E-state index is 12.3. The Balaban J connectivity index is 2.14. The topological polar surface area (TPSA) is 108 Å². The molecule has 0 bridgehead atoms.